The van der Waals surface area contributed by atoms with Crippen molar-refractivity contribution in [1.82, 2.24) is 4.90 Å². The number of rotatable bonds is 5. The maximum absolute atomic E-state index is 12.2. The van der Waals surface area contributed by atoms with E-state index in [1.165, 1.54) is 19.3 Å². The highest BCUT2D eigenvalue weighted by atomic mass is 16.5. The Balaban J connectivity index is 1.85. The number of hydrogen-bond acceptors (Lipinski definition) is 5. The lowest BCUT2D eigenvalue weighted by atomic mass is 9.92. The average molecular weight is 347 g/mol. The van der Waals surface area contributed by atoms with Crippen molar-refractivity contribution in [2.24, 2.45) is 11.8 Å². The third kappa shape index (κ3) is 5.52. The summed E-state index contributed by atoms with van der Waals surface area (Å²) >= 11 is 0. The highest BCUT2D eigenvalue weighted by molar-refractivity contribution is 5.89. The fourth-order valence-corrected chi connectivity index (χ4v) is 3.10. The van der Waals surface area contributed by atoms with Crippen molar-refractivity contribution in [3.63, 3.8) is 0 Å². The normalized spacial score (nSPS) is 20.5. The van der Waals surface area contributed by atoms with Gasteiger partial charge in [-0.15, -0.1) is 0 Å². The maximum atomic E-state index is 12.2. The Labute approximate surface area is 148 Å². The quantitative estimate of drug-likeness (QED) is 0.654. The van der Waals surface area contributed by atoms with Gasteiger partial charge in [-0.1, -0.05) is 19.9 Å². The number of piperidine rings is 1. The van der Waals surface area contributed by atoms with Gasteiger partial charge in [0.25, 0.3) is 5.91 Å². The number of phenols is 1. The van der Waals surface area contributed by atoms with Gasteiger partial charge in [0.15, 0.2) is 18.1 Å². The highest BCUT2D eigenvalue weighted by Crippen LogP contribution is 2.26. The maximum Gasteiger partial charge on any atom is 0.331 e. The van der Waals surface area contributed by atoms with Crippen molar-refractivity contribution in [1.29, 1.82) is 0 Å². The largest absolute Gasteiger partial charge is 0.504 e. The molecule has 1 aromatic rings. The lowest BCUT2D eigenvalue weighted by Gasteiger charge is -2.34. The van der Waals surface area contributed by atoms with Crippen LogP contribution in [0.15, 0.2) is 24.3 Å². The predicted molar refractivity (Wildman–Crippen MR) is 94.2 cm³/mol. The molecule has 1 fully saturated rings. The van der Waals surface area contributed by atoms with Crippen molar-refractivity contribution in [3.05, 3.63) is 29.8 Å². The molecule has 0 spiro atoms. The van der Waals surface area contributed by atoms with Gasteiger partial charge in [0.1, 0.15) is 0 Å². The molecule has 2 unspecified atom stereocenters. The van der Waals surface area contributed by atoms with E-state index in [1.54, 1.807) is 23.1 Å². The molecule has 1 N–H and O–H groups in total. The number of likely N-dealkylation sites (tertiary alicyclic amines) is 1. The highest BCUT2D eigenvalue weighted by Gasteiger charge is 2.25. The number of carbonyl (C=O) groups excluding carboxylic acids is 2. The van der Waals surface area contributed by atoms with Gasteiger partial charge in [-0.2, -0.15) is 0 Å². The number of esters is 1. The van der Waals surface area contributed by atoms with Crippen molar-refractivity contribution < 1.29 is 24.2 Å². The van der Waals surface area contributed by atoms with Gasteiger partial charge in [0.2, 0.25) is 0 Å². The fourth-order valence-electron chi connectivity index (χ4n) is 3.10. The van der Waals surface area contributed by atoms with Gasteiger partial charge in [-0.3, -0.25) is 4.79 Å². The van der Waals surface area contributed by atoms with Crippen LogP contribution in [-0.2, 0) is 14.3 Å². The molecular formula is C19H25NO5. The summed E-state index contributed by atoms with van der Waals surface area (Å²) in [4.78, 5) is 25.7. The van der Waals surface area contributed by atoms with Crippen LogP contribution in [0.3, 0.4) is 0 Å². The first-order valence-electron chi connectivity index (χ1n) is 8.38. The number of phenolic OH excluding ortho intramolecular Hbond substituents is 1. The second-order valence-electron chi connectivity index (χ2n) is 6.62. The van der Waals surface area contributed by atoms with Crippen LogP contribution in [0.5, 0.6) is 11.5 Å². The Kier molecular flexibility index (Phi) is 6.44. The van der Waals surface area contributed by atoms with Crippen LogP contribution in [-0.4, -0.2) is 48.7 Å². The van der Waals surface area contributed by atoms with Gasteiger partial charge in [0.05, 0.1) is 7.11 Å². The molecule has 0 aliphatic carbocycles. The van der Waals surface area contributed by atoms with Crippen molar-refractivity contribution in [2.45, 2.75) is 20.3 Å². The van der Waals surface area contributed by atoms with E-state index < -0.39 is 5.97 Å². The van der Waals surface area contributed by atoms with Crippen LogP contribution >= 0.6 is 0 Å². The summed E-state index contributed by atoms with van der Waals surface area (Å²) in [6.07, 6.45) is 3.91. The molecular weight excluding hydrogens is 322 g/mol. The number of amides is 1. The molecule has 1 saturated heterocycles. The lowest BCUT2D eigenvalue weighted by Crippen LogP contribution is -2.44. The zero-order chi connectivity index (χ0) is 18.4. The summed E-state index contributed by atoms with van der Waals surface area (Å²) in [6, 6.07) is 4.72. The predicted octanol–water partition coefficient (Wildman–Crippen LogP) is 2.46. The summed E-state index contributed by atoms with van der Waals surface area (Å²) in [5.41, 5.74) is 0.677. The molecule has 1 aliphatic heterocycles. The smallest absolute Gasteiger partial charge is 0.331 e. The van der Waals surface area contributed by atoms with Crippen LogP contribution < -0.4 is 4.74 Å². The Morgan fingerprint density at radius 2 is 1.96 bits per heavy atom. The van der Waals surface area contributed by atoms with Crippen LogP contribution in [0.25, 0.3) is 6.08 Å². The van der Waals surface area contributed by atoms with Crippen LogP contribution in [0.4, 0.5) is 0 Å². The molecule has 0 bridgehead atoms. The van der Waals surface area contributed by atoms with E-state index in [9.17, 15) is 14.7 Å². The monoisotopic (exact) mass is 347 g/mol. The number of carbonyl (C=O) groups is 2. The average Bonchev–Trinajstić information content (AvgIpc) is 2.58. The second-order valence-corrected chi connectivity index (χ2v) is 6.62. The van der Waals surface area contributed by atoms with Gasteiger partial charge >= 0.3 is 5.97 Å². The van der Waals surface area contributed by atoms with E-state index in [-0.39, 0.29) is 18.3 Å². The minimum absolute atomic E-state index is 0.0258. The summed E-state index contributed by atoms with van der Waals surface area (Å²) < 4.78 is 10.0. The number of methoxy groups -OCH3 is 1. The second kappa shape index (κ2) is 8.55. The Hall–Kier alpha value is -2.50. The molecule has 25 heavy (non-hydrogen) atoms. The first-order chi connectivity index (χ1) is 11.9. The molecule has 2 atom stereocenters. The molecule has 2 rings (SSSR count). The molecule has 136 valence electrons. The van der Waals surface area contributed by atoms with Gasteiger partial charge < -0.3 is 19.5 Å². The minimum atomic E-state index is -0.585. The van der Waals surface area contributed by atoms with Gasteiger partial charge in [-0.25, -0.2) is 4.79 Å². The Morgan fingerprint density at radius 3 is 2.60 bits per heavy atom. The van der Waals surface area contributed by atoms with Crippen molar-refractivity contribution in [3.8, 4) is 11.5 Å². The zero-order valence-corrected chi connectivity index (χ0v) is 14.9. The van der Waals surface area contributed by atoms with Gasteiger partial charge in [-0.05, 0) is 42.0 Å². The van der Waals surface area contributed by atoms with Crippen molar-refractivity contribution in [2.75, 3.05) is 26.8 Å². The summed E-state index contributed by atoms with van der Waals surface area (Å²) in [6.45, 7) is 5.42. The standard InChI is InChI=1S/C19H25NO5/c1-13-8-14(2)11-20(10-13)18(22)12-25-19(23)7-5-15-4-6-16(21)17(9-15)24-3/h4-7,9,13-14,21H,8,10-12H2,1-3H3. The molecule has 1 aromatic carbocycles. The Bertz CT molecular complexity index is 645. The molecule has 1 amide bonds. The first kappa shape index (κ1) is 18.8. The number of ether oxygens (including phenoxy) is 2. The van der Waals surface area contributed by atoms with Gasteiger partial charge in [0, 0.05) is 19.2 Å². The number of nitrogens with zero attached hydrogens (tertiary/aromatic N) is 1. The lowest BCUT2D eigenvalue weighted by molar-refractivity contribution is -0.149. The molecule has 1 heterocycles. The van der Waals surface area contributed by atoms with E-state index in [0.717, 1.165) is 6.42 Å². The SMILES string of the molecule is COc1cc(C=CC(=O)OCC(=O)N2CC(C)CC(C)C2)ccc1O. The fraction of sp³-hybridized carbons (Fsp3) is 0.474. The van der Waals surface area contributed by atoms with E-state index >= 15 is 0 Å². The number of benzene rings is 1. The third-order valence-corrected chi connectivity index (χ3v) is 4.18. The molecule has 0 aromatic heterocycles. The number of aromatic hydroxyl groups is 1. The van der Waals surface area contributed by atoms with Crippen LogP contribution in [0.1, 0.15) is 25.8 Å². The topological polar surface area (TPSA) is 76.1 Å². The summed E-state index contributed by atoms with van der Waals surface area (Å²) in [7, 11) is 1.45. The molecule has 6 heteroatoms. The van der Waals surface area contributed by atoms with E-state index in [4.69, 9.17) is 9.47 Å². The summed E-state index contributed by atoms with van der Waals surface area (Å²) in [5.74, 6) is 0.530. The molecule has 0 radical (unpaired) electrons. The first-order valence-corrected chi connectivity index (χ1v) is 8.38. The summed E-state index contributed by atoms with van der Waals surface area (Å²) in [5, 5.41) is 9.54. The van der Waals surface area contributed by atoms with E-state index in [1.807, 2.05) is 0 Å². The van der Waals surface area contributed by atoms with E-state index in [2.05, 4.69) is 13.8 Å². The van der Waals surface area contributed by atoms with E-state index in [0.29, 0.717) is 36.2 Å². The molecule has 0 saturated carbocycles. The minimum Gasteiger partial charge on any atom is -0.504 e. The van der Waals surface area contributed by atoms with Crippen LogP contribution in [0.2, 0.25) is 0 Å². The van der Waals surface area contributed by atoms with Crippen LogP contribution in [0, 0.1) is 11.8 Å². The Morgan fingerprint density at radius 1 is 1.28 bits per heavy atom. The third-order valence-electron chi connectivity index (χ3n) is 4.18. The van der Waals surface area contributed by atoms with Crippen molar-refractivity contribution >= 4 is 18.0 Å². The number of hydrogen-bond donors (Lipinski definition) is 1. The molecule has 1 aliphatic rings. The zero-order valence-electron chi connectivity index (χ0n) is 14.9. The molecule has 6 nitrogen and oxygen atoms in total.